The molecule has 11 aliphatic rings. The van der Waals surface area contributed by atoms with Crippen molar-refractivity contribution in [2.45, 2.75) is 215 Å². The Morgan fingerprint density at radius 3 is 1.02 bits per heavy atom. The molecule has 6 aliphatic heterocycles. The molecule has 494 valence electrons. The topological polar surface area (TPSA) is 111 Å². The molecular weight excluding hydrogens is 1290 g/mol. The minimum absolute atomic E-state index is 0.114. The molecule has 0 saturated heterocycles. The van der Waals surface area contributed by atoms with Gasteiger partial charge in [-0.1, -0.05) is 39.0 Å². The molecule has 0 amide bonds. The Hall–Kier alpha value is -4.62. The molecule has 0 aromatic carbocycles. The third-order valence-corrected chi connectivity index (χ3v) is 22.9. The van der Waals surface area contributed by atoms with Gasteiger partial charge in [0.15, 0.2) is 82.2 Å². The lowest BCUT2D eigenvalue weighted by Crippen LogP contribution is -2.58. The van der Waals surface area contributed by atoms with Crippen molar-refractivity contribution in [1.82, 2.24) is 0 Å². The van der Waals surface area contributed by atoms with Crippen molar-refractivity contribution >= 4 is 68.0 Å². The van der Waals surface area contributed by atoms with Crippen molar-refractivity contribution in [1.29, 1.82) is 0 Å². The van der Waals surface area contributed by atoms with Gasteiger partial charge in [-0.25, -0.2) is 0 Å². The van der Waals surface area contributed by atoms with Crippen molar-refractivity contribution in [3.63, 3.8) is 0 Å². The third kappa shape index (κ3) is 15.3. The summed E-state index contributed by atoms with van der Waals surface area (Å²) in [4.78, 5) is 0. The molecule has 6 aromatic heterocycles. The minimum Gasteiger partial charge on any atom is -0.489 e. The highest BCUT2D eigenvalue weighted by atomic mass is 32.1. The normalized spacial score (nSPS) is 30.3. The number of halogens is 6. The second kappa shape index (κ2) is 28.9. The van der Waals surface area contributed by atoms with E-state index in [4.69, 9.17) is 47.4 Å². The first-order valence-corrected chi connectivity index (χ1v) is 37.5. The highest BCUT2D eigenvalue weighted by molar-refractivity contribution is 7.09. The summed E-state index contributed by atoms with van der Waals surface area (Å²) < 4.78 is 147. The third-order valence-electron chi connectivity index (χ3n) is 18.7. The Labute approximate surface area is 546 Å². The molecule has 12 nitrogen and oxygen atoms in total. The second-order valence-corrected chi connectivity index (χ2v) is 30.1. The van der Waals surface area contributed by atoms with Gasteiger partial charge in [-0.2, -0.15) is 26.3 Å². The molecule has 17 rings (SSSR count). The summed E-state index contributed by atoms with van der Waals surface area (Å²) in [6.45, 7) is 4.82. The van der Waals surface area contributed by atoms with E-state index in [2.05, 4.69) is 41.0 Å². The zero-order valence-electron chi connectivity index (χ0n) is 50.9. The van der Waals surface area contributed by atoms with E-state index in [9.17, 15) is 26.3 Å². The van der Waals surface area contributed by atoms with Crippen LogP contribution in [0.4, 0.5) is 26.3 Å². The van der Waals surface area contributed by atoms with E-state index in [1.807, 2.05) is 43.0 Å². The zero-order valence-corrected chi connectivity index (χ0v) is 55.8. The summed E-state index contributed by atoms with van der Waals surface area (Å²) in [7, 11) is 0. The van der Waals surface area contributed by atoms with Gasteiger partial charge in [-0.15, -0.1) is 68.0 Å². The van der Waals surface area contributed by atoms with Gasteiger partial charge in [0.05, 0.1) is 13.2 Å². The van der Waals surface area contributed by atoms with Gasteiger partial charge in [0.1, 0.15) is 48.3 Å². The Kier molecular flexibility index (Phi) is 21.0. The molecule has 0 bridgehead atoms. The summed E-state index contributed by atoms with van der Waals surface area (Å²) >= 11 is 9.22. The summed E-state index contributed by atoms with van der Waals surface area (Å²) in [6.07, 6.45) is 27.2. The Morgan fingerprint density at radius 1 is 0.333 bits per heavy atom. The Bertz CT molecular complexity index is 3030. The lowest BCUT2D eigenvalue weighted by molar-refractivity contribution is -0.318. The lowest BCUT2D eigenvalue weighted by Gasteiger charge is -2.40. The highest BCUT2D eigenvalue weighted by Gasteiger charge is 2.72. The SMILES string of the molecule is CC1CCC2C(C1)Oc1cscc1OC2(C)C.FC1(F)COc2cscc2OCC(F)(F)C1(F)F.c1scc2c1OC1CCCC1O2.c1scc2c1OC1CCCCC1O2.c1scc2c1OC1CCCCCCC1O2.c1scc2c1OCC1CCCCC1CO2. The average Bonchev–Trinajstić information content (AvgIpc) is 0.944. The molecule has 5 aliphatic carbocycles. The number of fused-ring (bicyclic) bond motifs is 11. The van der Waals surface area contributed by atoms with Gasteiger partial charge in [0, 0.05) is 70.5 Å². The molecule has 11 unspecified atom stereocenters. The van der Waals surface area contributed by atoms with Crippen LogP contribution in [0, 0.1) is 23.7 Å². The minimum atomic E-state index is -5.55. The summed E-state index contributed by atoms with van der Waals surface area (Å²) in [5.74, 6) is -3.85. The van der Waals surface area contributed by atoms with Crippen LogP contribution in [0.25, 0.3) is 0 Å². The first-order valence-electron chi connectivity index (χ1n) is 31.8. The maximum absolute atomic E-state index is 13.1. The van der Waals surface area contributed by atoms with Crippen LogP contribution in [0.5, 0.6) is 69.0 Å². The fourth-order valence-electron chi connectivity index (χ4n) is 13.6. The smallest absolute Gasteiger partial charge is 0.378 e. The molecule has 12 heterocycles. The molecule has 5 fully saturated rings. The number of alkyl halides is 6. The van der Waals surface area contributed by atoms with Gasteiger partial charge < -0.3 is 56.8 Å². The van der Waals surface area contributed by atoms with Gasteiger partial charge in [0.25, 0.3) is 0 Å². The molecule has 90 heavy (non-hydrogen) atoms. The number of rotatable bonds is 0. The average molecular weight is 1370 g/mol. The first-order chi connectivity index (χ1) is 43.5. The zero-order chi connectivity index (χ0) is 62.5. The highest BCUT2D eigenvalue weighted by Crippen LogP contribution is 2.51. The summed E-state index contributed by atoms with van der Waals surface area (Å²) in [5.41, 5.74) is -0.114. The van der Waals surface area contributed by atoms with E-state index in [-0.39, 0.29) is 17.1 Å². The van der Waals surface area contributed by atoms with E-state index >= 15 is 0 Å². The Balaban J connectivity index is 0.000000105. The van der Waals surface area contributed by atoms with E-state index < -0.39 is 31.0 Å². The standard InChI is InChI=1S/C14H20O2S.2C12H16O2S.C10H12O2S.C9H6F6O2S.C9H10O2S/c1-9-4-5-10-11(6-9)15-12-7-17-8-13(12)16-14(10,2)3;1-2-4-10-6-14-12-8-15-7-11(12)13-5-9(10)3-1;1-2-4-6-10-9(5-3-1)13-11-7-15-8-12(11)14-10;1-2-4-8-7(3-1)11-9-5-13-6-10(9)12-8;10-7(11)3-16-5-1-18-2-6(5)17-4-8(12,13)9(7,14)15;1-2-6-7(3-1)11-9-5-12-4-8(9)10-6/h7-11H,4-6H2,1-3H3;2*7-10H,1-6H2;5-8H,1-4H2;1-2H,3-4H2;4-7H,1-3H2. The molecular formula is C66H80F6O12S6. The predicted octanol–water partition coefficient (Wildman–Crippen LogP) is 19.7. The molecule has 0 N–H and O–H groups in total. The van der Waals surface area contributed by atoms with Gasteiger partial charge in [-0.05, 0) is 128 Å². The number of hydrogen-bond acceptors (Lipinski definition) is 18. The molecule has 11 atom stereocenters. The van der Waals surface area contributed by atoms with Crippen LogP contribution < -0.4 is 56.8 Å². The van der Waals surface area contributed by atoms with E-state index in [1.54, 1.807) is 56.7 Å². The maximum atomic E-state index is 13.1. The fraction of sp³-hybridized carbons (Fsp3) is 0.636. The van der Waals surface area contributed by atoms with Crippen LogP contribution in [-0.2, 0) is 0 Å². The lowest BCUT2D eigenvalue weighted by atomic mass is 9.73. The van der Waals surface area contributed by atoms with Crippen molar-refractivity contribution in [3.8, 4) is 69.0 Å². The Morgan fingerprint density at radius 2 is 0.633 bits per heavy atom. The summed E-state index contributed by atoms with van der Waals surface area (Å²) in [6, 6.07) is 0. The molecule has 6 aromatic rings. The van der Waals surface area contributed by atoms with Crippen LogP contribution in [0.3, 0.4) is 0 Å². The van der Waals surface area contributed by atoms with Crippen molar-refractivity contribution in [3.05, 3.63) is 64.6 Å². The molecule has 0 radical (unpaired) electrons. The number of hydrogen-bond donors (Lipinski definition) is 0. The van der Waals surface area contributed by atoms with Crippen LogP contribution in [0.15, 0.2) is 64.6 Å². The van der Waals surface area contributed by atoms with Crippen LogP contribution in [0.1, 0.15) is 149 Å². The maximum Gasteiger partial charge on any atom is 0.378 e. The van der Waals surface area contributed by atoms with Crippen molar-refractivity contribution in [2.75, 3.05) is 26.4 Å². The quantitative estimate of drug-likeness (QED) is 0.135. The largest absolute Gasteiger partial charge is 0.489 e. The summed E-state index contributed by atoms with van der Waals surface area (Å²) in [5, 5.41) is 22.8. The van der Waals surface area contributed by atoms with Crippen LogP contribution in [0.2, 0.25) is 0 Å². The van der Waals surface area contributed by atoms with Gasteiger partial charge in [-0.3, -0.25) is 0 Å². The molecule has 24 heteroatoms. The van der Waals surface area contributed by atoms with E-state index in [0.29, 0.717) is 60.5 Å². The van der Waals surface area contributed by atoms with Gasteiger partial charge in [0.2, 0.25) is 0 Å². The van der Waals surface area contributed by atoms with Crippen LogP contribution >= 0.6 is 68.0 Å². The van der Waals surface area contributed by atoms with Gasteiger partial charge >= 0.3 is 17.8 Å². The monoisotopic (exact) mass is 1370 g/mol. The van der Waals surface area contributed by atoms with E-state index in [1.165, 1.54) is 94.2 Å². The number of thiophene rings is 6. The van der Waals surface area contributed by atoms with Crippen LogP contribution in [-0.4, -0.2) is 92.5 Å². The predicted molar refractivity (Wildman–Crippen MR) is 340 cm³/mol. The molecule has 5 saturated carbocycles. The first kappa shape index (κ1) is 65.4. The van der Waals surface area contributed by atoms with Crippen molar-refractivity contribution in [2.24, 2.45) is 23.7 Å². The second-order valence-electron chi connectivity index (χ2n) is 25.6. The van der Waals surface area contributed by atoms with Crippen molar-refractivity contribution < 1.29 is 83.2 Å². The molecule has 0 spiro atoms. The number of ether oxygens (including phenoxy) is 12. The fourth-order valence-corrected chi connectivity index (χ4v) is 17.6. The van der Waals surface area contributed by atoms with E-state index in [0.717, 1.165) is 133 Å².